The number of ether oxygens (including phenoxy) is 1. The Morgan fingerprint density at radius 2 is 2.03 bits per heavy atom. The number of carbonyl (C=O) groups excluding carboxylic acids is 1. The second kappa shape index (κ2) is 7.06. The van der Waals surface area contributed by atoms with Gasteiger partial charge in [-0.2, -0.15) is 0 Å². The molecule has 0 bridgehead atoms. The molecule has 9 nitrogen and oxygen atoms in total. The summed E-state index contributed by atoms with van der Waals surface area (Å²) in [7, 11) is -3.85. The fraction of sp³-hybridized carbons (Fsp3) is 0.400. The fourth-order valence-electron chi connectivity index (χ4n) is 3.81. The second-order valence-electron chi connectivity index (χ2n) is 8.17. The van der Waals surface area contributed by atoms with Crippen molar-refractivity contribution < 1.29 is 22.3 Å². The summed E-state index contributed by atoms with van der Waals surface area (Å²) in [6.07, 6.45) is 2.78. The van der Waals surface area contributed by atoms with Gasteiger partial charge in [0.2, 0.25) is 0 Å². The van der Waals surface area contributed by atoms with Gasteiger partial charge >= 0.3 is 0 Å². The molecule has 4 rings (SSSR count). The molecule has 0 aliphatic carbocycles. The summed E-state index contributed by atoms with van der Waals surface area (Å²) in [5.41, 5.74) is 5.48. The SMILES string of the molecule is Cc1cnc(C(=O)Nc2ccc(F)c([C@]34COC[C@H]3S(=O)(=O)C(C)(C)C(N)=N4)c2)cn1. The highest BCUT2D eigenvalue weighted by molar-refractivity contribution is 7.94. The van der Waals surface area contributed by atoms with Crippen molar-refractivity contribution in [3.63, 3.8) is 0 Å². The van der Waals surface area contributed by atoms with Crippen LogP contribution < -0.4 is 11.1 Å². The van der Waals surface area contributed by atoms with E-state index in [2.05, 4.69) is 20.3 Å². The van der Waals surface area contributed by atoms with Crippen molar-refractivity contribution in [1.82, 2.24) is 9.97 Å². The molecule has 31 heavy (non-hydrogen) atoms. The predicted octanol–water partition coefficient (Wildman–Crippen LogP) is 1.33. The van der Waals surface area contributed by atoms with Crippen molar-refractivity contribution in [2.75, 3.05) is 18.5 Å². The van der Waals surface area contributed by atoms with E-state index in [0.29, 0.717) is 5.69 Å². The lowest BCUT2D eigenvalue weighted by Crippen LogP contribution is -2.60. The van der Waals surface area contributed by atoms with E-state index in [9.17, 15) is 17.6 Å². The number of aliphatic imine (C=N–C) groups is 1. The average molecular weight is 447 g/mol. The Morgan fingerprint density at radius 1 is 1.29 bits per heavy atom. The van der Waals surface area contributed by atoms with Gasteiger partial charge in [-0.05, 0) is 39.0 Å². The van der Waals surface area contributed by atoms with Crippen LogP contribution in [0.5, 0.6) is 0 Å². The van der Waals surface area contributed by atoms with Crippen molar-refractivity contribution in [2.24, 2.45) is 10.7 Å². The van der Waals surface area contributed by atoms with Gasteiger partial charge in [-0.1, -0.05) is 0 Å². The minimum atomic E-state index is -3.85. The molecule has 0 spiro atoms. The number of sulfone groups is 1. The van der Waals surface area contributed by atoms with Crippen LogP contribution in [0.1, 0.15) is 35.6 Å². The van der Waals surface area contributed by atoms with E-state index in [1.54, 1.807) is 6.92 Å². The maximum absolute atomic E-state index is 15.0. The summed E-state index contributed by atoms with van der Waals surface area (Å²) in [4.78, 5) is 25.0. The summed E-state index contributed by atoms with van der Waals surface area (Å²) in [6.45, 7) is 4.41. The molecule has 1 fully saturated rings. The van der Waals surface area contributed by atoms with Crippen molar-refractivity contribution in [3.05, 3.63) is 53.4 Å². The predicted molar refractivity (Wildman–Crippen MR) is 112 cm³/mol. The average Bonchev–Trinajstić information content (AvgIpc) is 3.14. The molecule has 2 aromatic rings. The smallest absolute Gasteiger partial charge is 0.275 e. The molecule has 3 heterocycles. The number of anilines is 1. The number of amidine groups is 1. The molecule has 11 heteroatoms. The van der Waals surface area contributed by atoms with Gasteiger partial charge in [0.15, 0.2) is 9.84 Å². The van der Waals surface area contributed by atoms with Gasteiger partial charge in [0, 0.05) is 17.4 Å². The van der Waals surface area contributed by atoms with Crippen molar-refractivity contribution in [1.29, 1.82) is 0 Å². The summed E-state index contributed by atoms with van der Waals surface area (Å²) < 4.78 is 45.5. The molecular weight excluding hydrogens is 425 g/mol. The monoisotopic (exact) mass is 447 g/mol. The van der Waals surface area contributed by atoms with Crippen LogP contribution in [0.25, 0.3) is 0 Å². The van der Waals surface area contributed by atoms with E-state index in [4.69, 9.17) is 10.5 Å². The van der Waals surface area contributed by atoms with Gasteiger partial charge < -0.3 is 15.8 Å². The number of nitrogens with one attached hydrogen (secondary N) is 1. The van der Waals surface area contributed by atoms with Crippen LogP contribution in [0, 0.1) is 12.7 Å². The molecule has 0 saturated carbocycles. The van der Waals surface area contributed by atoms with Crippen LogP contribution in [-0.2, 0) is 20.1 Å². The van der Waals surface area contributed by atoms with Gasteiger partial charge in [-0.3, -0.25) is 14.8 Å². The van der Waals surface area contributed by atoms with Crippen LogP contribution >= 0.6 is 0 Å². The maximum atomic E-state index is 15.0. The topological polar surface area (TPSA) is 137 Å². The highest BCUT2D eigenvalue weighted by atomic mass is 32.2. The van der Waals surface area contributed by atoms with Gasteiger partial charge in [0.1, 0.15) is 32.9 Å². The minimum Gasteiger partial charge on any atom is -0.386 e. The normalized spacial score (nSPS) is 26.1. The first kappa shape index (κ1) is 21.3. The standard InChI is InChI=1S/C20H22FN5O4S/c1-11-7-24-15(8-23-11)17(27)25-12-4-5-14(21)13(6-12)20-10-30-9-16(20)31(28,29)19(2,3)18(22)26-20/h4-8,16H,9-10H2,1-3H3,(H2,22,26)(H,25,27)/t16-,20-/m1/s1. The van der Waals surface area contributed by atoms with Crippen LogP contribution in [-0.4, -0.2) is 53.3 Å². The van der Waals surface area contributed by atoms with Crippen LogP contribution in [0.3, 0.4) is 0 Å². The first-order valence-corrected chi connectivity index (χ1v) is 11.1. The fourth-order valence-corrected chi connectivity index (χ4v) is 5.89. The summed E-state index contributed by atoms with van der Waals surface area (Å²) >= 11 is 0. The number of nitrogens with zero attached hydrogens (tertiary/aromatic N) is 3. The number of hydrogen-bond acceptors (Lipinski definition) is 8. The molecule has 2 aliphatic heterocycles. The Morgan fingerprint density at radius 3 is 2.71 bits per heavy atom. The molecule has 1 saturated heterocycles. The van der Waals surface area contributed by atoms with Crippen molar-refractivity contribution in [3.8, 4) is 0 Å². The van der Waals surface area contributed by atoms with Gasteiger partial charge in [0.25, 0.3) is 5.91 Å². The summed E-state index contributed by atoms with van der Waals surface area (Å²) in [6, 6.07) is 3.88. The van der Waals surface area contributed by atoms with E-state index >= 15 is 0 Å². The number of amides is 1. The van der Waals surface area contributed by atoms with E-state index < -0.39 is 37.1 Å². The Bertz CT molecular complexity index is 1200. The lowest BCUT2D eigenvalue weighted by molar-refractivity contribution is 0.102. The molecule has 3 N–H and O–H groups in total. The Hall–Kier alpha value is -2.92. The van der Waals surface area contributed by atoms with E-state index in [0.717, 1.165) is 6.07 Å². The number of hydrogen-bond donors (Lipinski definition) is 2. The zero-order chi connectivity index (χ0) is 22.6. The number of halogens is 1. The third kappa shape index (κ3) is 3.19. The number of aromatic nitrogens is 2. The van der Waals surface area contributed by atoms with E-state index in [-0.39, 0.29) is 36.0 Å². The third-order valence-electron chi connectivity index (χ3n) is 5.85. The van der Waals surface area contributed by atoms with Crippen molar-refractivity contribution >= 4 is 27.3 Å². The number of fused-ring (bicyclic) bond motifs is 1. The van der Waals surface area contributed by atoms with Gasteiger partial charge in [0.05, 0.1) is 25.1 Å². The van der Waals surface area contributed by atoms with E-state index in [1.165, 1.54) is 38.4 Å². The zero-order valence-electron chi connectivity index (χ0n) is 17.2. The second-order valence-corrected chi connectivity index (χ2v) is 10.9. The van der Waals surface area contributed by atoms with Crippen molar-refractivity contribution in [2.45, 2.75) is 36.3 Å². The first-order valence-electron chi connectivity index (χ1n) is 9.56. The molecule has 1 aromatic carbocycles. The molecular formula is C20H22FN5O4S. The van der Waals surface area contributed by atoms with Crippen LogP contribution in [0.15, 0.2) is 35.6 Å². The Kier molecular flexibility index (Phi) is 4.85. The molecule has 1 amide bonds. The van der Waals surface area contributed by atoms with Gasteiger partial charge in [-0.25, -0.2) is 17.8 Å². The Labute approximate surface area is 178 Å². The number of benzene rings is 1. The number of nitrogens with two attached hydrogens (primary N) is 1. The largest absolute Gasteiger partial charge is 0.386 e. The lowest BCUT2D eigenvalue weighted by atomic mass is 9.87. The summed E-state index contributed by atoms with van der Waals surface area (Å²) in [5, 5.41) is 1.53. The lowest BCUT2D eigenvalue weighted by Gasteiger charge is -2.41. The number of aryl methyl sites for hydroxylation is 1. The number of carbonyl (C=O) groups is 1. The highest BCUT2D eigenvalue weighted by Gasteiger charge is 2.62. The minimum absolute atomic E-state index is 0.00943. The van der Waals surface area contributed by atoms with Crippen LogP contribution in [0.4, 0.5) is 10.1 Å². The molecule has 164 valence electrons. The molecule has 2 aliphatic rings. The third-order valence-corrected chi connectivity index (χ3v) is 8.76. The number of rotatable bonds is 3. The van der Waals surface area contributed by atoms with Gasteiger partial charge in [-0.15, -0.1) is 0 Å². The zero-order valence-corrected chi connectivity index (χ0v) is 18.0. The molecule has 0 radical (unpaired) electrons. The van der Waals surface area contributed by atoms with E-state index in [1.807, 2.05) is 0 Å². The maximum Gasteiger partial charge on any atom is 0.275 e. The molecule has 1 aromatic heterocycles. The molecule has 2 atom stereocenters. The highest BCUT2D eigenvalue weighted by Crippen LogP contribution is 2.47. The summed E-state index contributed by atoms with van der Waals surface area (Å²) in [5.74, 6) is -1.32. The Balaban J connectivity index is 1.77. The molecule has 0 unspecified atom stereocenters. The first-order chi connectivity index (χ1) is 14.5. The quantitative estimate of drug-likeness (QED) is 0.724. The van der Waals surface area contributed by atoms with Crippen LogP contribution in [0.2, 0.25) is 0 Å².